The van der Waals surface area contributed by atoms with Crippen LogP contribution in [0.15, 0.2) is 36.7 Å². The van der Waals surface area contributed by atoms with Crippen molar-refractivity contribution in [2.24, 2.45) is 0 Å². The summed E-state index contributed by atoms with van der Waals surface area (Å²) in [5.41, 5.74) is 3.30. The van der Waals surface area contributed by atoms with Crippen molar-refractivity contribution in [1.29, 1.82) is 0 Å². The van der Waals surface area contributed by atoms with Gasteiger partial charge in [0.2, 0.25) is 0 Å². The van der Waals surface area contributed by atoms with Crippen LogP contribution in [0.4, 0.5) is 0 Å². The highest BCUT2D eigenvalue weighted by atomic mass is 16.1. The van der Waals surface area contributed by atoms with Crippen LogP contribution in [0.3, 0.4) is 0 Å². The van der Waals surface area contributed by atoms with E-state index in [1.165, 1.54) is 37.6 Å². The number of aryl methyl sites for hydroxylation is 2. The number of carbonyl (C=O) groups is 1. The first-order chi connectivity index (χ1) is 12.7. The van der Waals surface area contributed by atoms with E-state index < -0.39 is 0 Å². The Balaban J connectivity index is 1.76. The number of hydrogen-bond acceptors (Lipinski definition) is 4. The summed E-state index contributed by atoms with van der Waals surface area (Å²) in [6.45, 7) is 6.47. The van der Waals surface area contributed by atoms with E-state index in [-0.39, 0.29) is 11.9 Å². The van der Waals surface area contributed by atoms with E-state index in [9.17, 15) is 4.79 Å². The minimum absolute atomic E-state index is 0.0867. The molecule has 138 valence electrons. The molecule has 1 atom stereocenters. The highest BCUT2D eigenvalue weighted by molar-refractivity contribution is 5.96. The Morgan fingerprint density at radius 2 is 1.65 bits per heavy atom. The molecule has 1 fully saturated rings. The van der Waals surface area contributed by atoms with Gasteiger partial charge in [-0.1, -0.05) is 43.2 Å². The number of nitrogens with one attached hydrogen (secondary N) is 1. The van der Waals surface area contributed by atoms with E-state index in [2.05, 4.69) is 44.5 Å². The fourth-order valence-electron chi connectivity index (χ4n) is 3.74. The Morgan fingerprint density at radius 3 is 2.27 bits per heavy atom. The summed E-state index contributed by atoms with van der Waals surface area (Å²) in [6.07, 6.45) is 6.55. The maximum atomic E-state index is 12.8. The molecule has 0 spiro atoms. The second-order valence-corrected chi connectivity index (χ2v) is 7.01. The van der Waals surface area contributed by atoms with E-state index in [0.29, 0.717) is 12.1 Å². The molecule has 1 aromatic carbocycles. The Bertz CT molecular complexity index is 704. The summed E-state index contributed by atoms with van der Waals surface area (Å²) in [5, 5.41) is 3.14. The number of aromatic nitrogens is 2. The van der Waals surface area contributed by atoms with Gasteiger partial charge < -0.3 is 5.32 Å². The van der Waals surface area contributed by atoms with Crippen LogP contribution in [-0.2, 0) is 0 Å². The molecule has 5 heteroatoms. The number of hydrogen-bond donors (Lipinski definition) is 1. The molecule has 0 radical (unpaired) electrons. The zero-order chi connectivity index (χ0) is 18.4. The summed E-state index contributed by atoms with van der Waals surface area (Å²) in [7, 11) is 0. The van der Waals surface area contributed by atoms with E-state index >= 15 is 0 Å². The lowest BCUT2D eigenvalue weighted by atomic mass is 10.0. The Kier molecular flexibility index (Phi) is 6.34. The summed E-state index contributed by atoms with van der Waals surface area (Å²) < 4.78 is 0. The van der Waals surface area contributed by atoms with Gasteiger partial charge in [0.05, 0.1) is 23.0 Å². The molecule has 0 aliphatic carbocycles. The van der Waals surface area contributed by atoms with Gasteiger partial charge in [-0.2, -0.15) is 0 Å². The Morgan fingerprint density at radius 1 is 1.04 bits per heavy atom. The third-order valence-electron chi connectivity index (χ3n) is 5.18. The zero-order valence-corrected chi connectivity index (χ0v) is 15.7. The molecule has 5 nitrogen and oxygen atoms in total. The largest absolute Gasteiger partial charge is 0.350 e. The first kappa shape index (κ1) is 18.5. The van der Waals surface area contributed by atoms with Crippen LogP contribution in [0.5, 0.6) is 0 Å². The van der Waals surface area contributed by atoms with Crippen molar-refractivity contribution in [3.63, 3.8) is 0 Å². The average Bonchev–Trinajstić information content (AvgIpc) is 2.92. The number of amides is 1. The maximum absolute atomic E-state index is 12.8. The standard InChI is InChI=1S/C21H28N4O/c1-16-20(17(2)24-15-23-16)21(26)22-14-19(18-10-6-5-7-11-18)25-12-8-3-4-9-13-25/h5-7,10-11,15,19H,3-4,8-9,12-14H2,1-2H3,(H,22,26)/t19-/m0/s1. The van der Waals surface area contributed by atoms with Crippen LogP contribution in [0, 0.1) is 13.8 Å². The van der Waals surface area contributed by atoms with Gasteiger partial charge in [0.15, 0.2) is 0 Å². The molecule has 1 saturated heterocycles. The Labute approximate surface area is 155 Å². The van der Waals surface area contributed by atoms with Gasteiger partial charge in [-0.05, 0) is 45.3 Å². The first-order valence-corrected chi connectivity index (χ1v) is 9.52. The van der Waals surface area contributed by atoms with Gasteiger partial charge >= 0.3 is 0 Å². The fourth-order valence-corrected chi connectivity index (χ4v) is 3.74. The minimum atomic E-state index is -0.0867. The molecule has 1 aromatic heterocycles. The van der Waals surface area contributed by atoms with Crippen molar-refractivity contribution in [2.45, 2.75) is 45.6 Å². The number of carbonyl (C=O) groups excluding carboxylic acids is 1. The molecule has 2 aromatic rings. The van der Waals surface area contributed by atoms with Gasteiger partial charge in [-0.25, -0.2) is 9.97 Å². The molecule has 0 saturated carbocycles. The third-order valence-corrected chi connectivity index (χ3v) is 5.18. The first-order valence-electron chi connectivity index (χ1n) is 9.52. The van der Waals surface area contributed by atoms with Crippen molar-refractivity contribution in [2.75, 3.05) is 19.6 Å². The van der Waals surface area contributed by atoms with Crippen molar-refractivity contribution >= 4 is 5.91 Å². The number of likely N-dealkylation sites (tertiary alicyclic amines) is 1. The molecule has 1 aliphatic heterocycles. The molecule has 2 heterocycles. The lowest BCUT2D eigenvalue weighted by Gasteiger charge is -2.31. The highest BCUT2D eigenvalue weighted by Gasteiger charge is 2.23. The normalized spacial score (nSPS) is 16.7. The Hall–Kier alpha value is -2.27. The summed E-state index contributed by atoms with van der Waals surface area (Å²) >= 11 is 0. The number of nitrogens with zero attached hydrogens (tertiary/aromatic N) is 3. The predicted octanol–water partition coefficient (Wildman–Crippen LogP) is 3.44. The predicted molar refractivity (Wildman–Crippen MR) is 103 cm³/mol. The lowest BCUT2D eigenvalue weighted by Crippen LogP contribution is -2.39. The lowest BCUT2D eigenvalue weighted by molar-refractivity contribution is 0.0931. The molecule has 26 heavy (non-hydrogen) atoms. The molecular weight excluding hydrogens is 324 g/mol. The monoisotopic (exact) mass is 352 g/mol. The molecule has 1 aliphatic rings. The summed E-state index contributed by atoms with van der Waals surface area (Å²) in [5.74, 6) is -0.0867. The highest BCUT2D eigenvalue weighted by Crippen LogP contribution is 2.24. The SMILES string of the molecule is Cc1ncnc(C)c1C(=O)NC[C@@H](c1ccccc1)N1CCCCCC1. The van der Waals surface area contributed by atoms with Crippen LogP contribution in [0.2, 0.25) is 0 Å². The molecule has 1 N–H and O–H groups in total. The topological polar surface area (TPSA) is 58.1 Å². The minimum Gasteiger partial charge on any atom is -0.350 e. The van der Waals surface area contributed by atoms with Gasteiger partial charge in [0.1, 0.15) is 6.33 Å². The second kappa shape index (κ2) is 8.90. The maximum Gasteiger partial charge on any atom is 0.255 e. The van der Waals surface area contributed by atoms with Crippen molar-refractivity contribution in [1.82, 2.24) is 20.2 Å². The summed E-state index contributed by atoms with van der Waals surface area (Å²) in [4.78, 5) is 23.6. The van der Waals surface area contributed by atoms with Gasteiger partial charge in [0, 0.05) is 6.54 Å². The van der Waals surface area contributed by atoms with E-state index in [4.69, 9.17) is 0 Å². The van der Waals surface area contributed by atoms with Gasteiger partial charge in [0.25, 0.3) is 5.91 Å². The van der Waals surface area contributed by atoms with Gasteiger partial charge in [-0.15, -0.1) is 0 Å². The molecular formula is C21H28N4O. The third kappa shape index (κ3) is 4.47. The van der Waals surface area contributed by atoms with Crippen LogP contribution in [0.1, 0.15) is 59.0 Å². The van der Waals surface area contributed by atoms with E-state index in [1.807, 2.05) is 19.9 Å². The number of rotatable bonds is 5. The van der Waals surface area contributed by atoms with Gasteiger partial charge in [-0.3, -0.25) is 9.69 Å². The molecule has 0 unspecified atom stereocenters. The smallest absolute Gasteiger partial charge is 0.255 e. The van der Waals surface area contributed by atoms with E-state index in [1.54, 1.807) is 0 Å². The molecule has 0 bridgehead atoms. The number of benzene rings is 1. The van der Waals surface area contributed by atoms with Crippen LogP contribution < -0.4 is 5.32 Å². The van der Waals surface area contributed by atoms with Crippen LogP contribution in [-0.4, -0.2) is 40.4 Å². The average molecular weight is 352 g/mol. The van der Waals surface area contributed by atoms with E-state index in [0.717, 1.165) is 24.5 Å². The van der Waals surface area contributed by atoms with Crippen molar-refractivity contribution in [3.05, 3.63) is 59.2 Å². The molecule has 1 amide bonds. The zero-order valence-electron chi connectivity index (χ0n) is 15.7. The quantitative estimate of drug-likeness (QED) is 0.895. The van der Waals surface area contributed by atoms with Crippen molar-refractivity contribution < 1.29 is 4.79 Å². The fraction of sp³-hybridized carbons (Fsp3) is 0.476. The van der Waals surface area contributed by atoms with Crippen LogP contribution >= 0.6 is 0 Å². The summed E-state index contributed by atoms with van der Waals surface area (Å²) in [6, 6.07) is 10.7. The molecule has 3 rings (SSSR count). The van der Waals surface area contributed by atoms with Crippen molar-refractivity contribution in [3.8, 4) is 0 Å². The second-order valence-electron chi connectivity index (χ2n) is 7.01. The van der Waals surface area contributed by atoms with Crippen LogP contribution in [0.25, 0.3) is 0 Å².